The molecule has 0 fully saturated rings. The summed E-state index contributed by atoms with van der Waals surface area (Å²) in [5, 5.41) is 5.85. The van der Waals surface area contributed by atoms with Gasteiger partial charge in [0.25, 0.3) is 0 Å². The van der Waals surface area contributed by atoms with E-state index in [2.05, 4.69) is 20.6 Å². The largest absolute Gasteiger partial charge is 0.350 e. The molecule has 0 saturated heterocycles. The maximum absolute atomic E-state index is 11.8. The van der Waals surface area contributed by atoms with Gasteiger partial charge in [-0.05, 0) is 40.2 Å². The summed E-state index contributed by atoms with van der Waals surface area (Å²) in [6, 6.07) is -0.364. The van der Waals surface area contributed by atoms with Crippen molar-refractivity contribution in [1.29, 1.82) is 0 Å². The first-order valence-electron chi connectivity index (χ1n) is 5.65. The maximum atomic E-state index is 11.8. The summed E-state index contributed by atoms with van der Waals surface area (Å²) in [6.07, 6.45) is 3.42. The van der Waals surface area contributed by atoms with E-state index in [0.717, 1.165) is 5.56 Å². The zero-order valence-electron chi connectivity index (χ0n) is 11.0. The number of nitrogens with one attached hydrogen (secondary N) is 2. The van der Waals surface area contributed by atoms with Gasteiger partial charge in [0.1, 0.15) is 6.04 Å². The predicted molar refractivity (Wildman–Crippen MR) is 67.7 cm³/mol. The molecule has 2 N–H and O–H groups in total. The molecule has 0 aliphatic rings. The molecule has 1 aromatic heterocycles. The van der Waals surface area contributed by atoms with Gasteiger partial charge in [-0.25, -0.2) is 9.97 Å². The lowest BCUT2D eigenvalue weighted by atomic mass is 10.1. The molecule has 0 aliphatic carbocycles. The fraction of sp³-hybridized carbons (Fsp3) is 0.583. The molecule has 0 saturated carbocycles. The smallest absolute Gasteiger partial charge is 0.242 e. The van der Waals surface area contributed by atoms with E-state index in [1.54, 1.807) is 19.3 Å². The van der Waals surface area contributed by atoms with Crippen LogP contribution in [0.3, 0.4) is 0 Å². The number of nitrogens with zero attached hydrogens (tertiary/aromatic N) is 2. The SMILES string of the molecule is Cc1cnc(N[C@@H](C)C(=O)NC(C)(C)C)nc1. The number of carbonyl (C=O) groups excluding carboxylic acids is 1. The Morgan fingerprint density at radius 2 is 1.82 bits per heavy atom. The molecule has 0 radical (unpaired) electrons. The van der Waals surface area contributed by atoms with Crippen molar-refractivity contribution >= 4 is 11.9 Å². The lowest BCUT2D eigenvalue weighted by Crippen LogP contribution is -2.47. The van der Waals surface area contributed by atoms with E-state index in [4.69, 9.17) is 0 Å². The highest BCUT2D eigenvalue weighted by atomic mass is 16.2. The minimum absolute atomic E-state index is 0.0679. The summed E-state index contributed by atoms with van der Waals surface area (Å²) < 4.78 is 0. The Bertz CT molecular complexity index is 380. The summed E-state index contributed by atoms with van der Waals surface area (Å²) in [6.45, 7) is 9.53. The first kappa shape index (κ1) is 13.4. The highest BCUT2D eigenvalue weighted by Crippen LogP contribution is 2.03. The first-order chi connectivity index (χ1) is 7.78. The molecule has 0 bridgehead atoms. The highest BCUT2D eigenvalue weighted by Gasteiger charge is 2.19. The monoisotopic (exact) mass is 236 g/mol. The zero-order chi connectivity index (χ0) is 13.1. The molecule has 1 aromatic rings. The van der Waals surface area contributed by atoms with Crippen molar-refractivity contribution in [1.82, 2.24) is 15.3 Å². The fourth-order valence-corrected chi connectivity index (χ4v) is 1.20. The Labute approximate surface area is 102 Å². The molecule has 0 unspecified atom stereocenters. The van der Waals surface area contributed by atoms with Gasteiger partial charge in [0, 0.05) is 17.9 Å². The van der Waals surface area contributed by atoms with Crippen LogP contribution in [0.15, 0.2) is 12.4 Å². The van der Waals surface area contributed by atoms with Gasteiger partial charge in [0.15, 0.2) is 0 Å². The topological polar surface area (TPSA) is 66.9 Å². The van der Waals surface area contributed by atoms with Crippen LogP contribution >= 0.6 is 0 Å². The summed E-state index contributed by atoms with van der Waals surface area (Å²) >= 11 is 0. The maximum Gasteiger partial charge on any atom is 0.242 e. The van der Waals surface area contributed by atoms with E-state index in [0.29, 0.717) is 5.95 Å². The molecule has 1 amide bonds. The number of amides is 1. The molecule has 1 atom stereocenters. The molecule has 0 aromatic carbocycles. The van der Waals surface area contributed by atoms with Crippen molar-refractivity contribution in [3.05, 3.63) is 18.0 Å². The standard InChI is InChI=1S/C12H20N4O/c1-8-6-13-11(14-7-8)15-9(2)10(17)16-12(3,4)5/h6-7,9H,1-5H3,(H,16,17)(H,13,14,15)/t9-/m0/s1. The molecular weight excluding hydrogens is 216 g/mol. The van der Waals surface area contributed by atoms with Gasteiger partial charge in [-0.15, -0.1) is 0 Å². The summed E-state index contributed by atoms with van der Waals surface area (Å²) in [7, 11) is 0. The molecule has 1 rings (SSSR count). The molecule has 5 heteroatoms. The predicted octanol–water partition coefficient (Wildman–Crippen LogP) is 1.50. The van der Waals surface area contributed by atoms with Gasteiger partial charge in [0.05, 0.1) is 0 Å². The van der Waals surface area contributed by atoms with Crippen molar-refractivity contribution in [2.24, 2.45) is 0 Å². The molecule has 1 heterocycles. The minimum atomic E-state index is -0.364. The van der Waals surface area contributed by atoms with Crippen LogP contribution in [0.4, 0.5) is 5.95 Å². The Hall–Kier alpha value is -1.65. The van der Waals surface area contributed by atoms with Crippen LogP contribution < -0.4 is 10.6 Å². The fourth-order valence-electron chi connectivity index (χ4n) is 1.20. The van der Waals surface area contributed by atoms with Gasteiger partial charge in [-0.3, -0.25) is 4.79 Å². The van der Waals surface area contributed by atoms with E-state index in [1.165, 1.54) is 0 Å². The van der Waals surface area contributed by atoms with Crippen molar-refractivity contribution in [2.45, 2.75) is 46.2 Å². The zero-order valence-corrected chi connectivity index (χ0v) is 11.0. The summed E-state index contributed by atoms with van der Waals surface area (Å²) in [5.74, 6) is 0.397. The van der Waals surface area contributed by atoms with E-state index < -0.39 is 0 Å². The second kappa shape index (κ2) is 5.12. The third-order valence-electron chi connectivity index (χ3n) is 2.02. The molecule has 0 aliphatic heterocycles. The third kappa shape index (κ3) is 4.80. The second-order valence-corrected chi connectivity index (χ2v) is 5.19. The van der Waals surface area contributed by atoms with Gasteiger partial charge in [-0.1, -0.05) is 0 Å². The van der Waals surface area contributed by atoms with Gasteiger partial charge in [-0.2, -0.15) is 0 Å². The normalized spacial score (nSPS) is 13.0. The van der Waals surface area contributed by atoms with Crippen LogP contribution in [0.1, 0.15) is 33.3 Å². The quantitative estimate of drug-likeness (QED) is 0.834. The molecular formula is C12H20N4O. The second-order valence-electron chi connectivity index (χ2n) is 5.19. The first-order valence-corrected chi connectivity index (χ1v) is 5.65. The lowest BCUT2D eigenvalue weighted by molar-refractivity contribution is -0.122. The molecule has 17 heavy (non-hydrogen) atoms. The van der Waals surface area contributed by atoms with E-state index in [-0.39, 0.29) is 17.5 Å². The van der Waals surface area contributed by atoms with E-state index in [9.17, 15) is 4.79 Å². The van der Waals surface area contributed by atoms with Gasteiger partial charge in [0.2, 0.25) is 11.9 Å². The van der Waals surface area contributed by atoms with Crippen molar-refractivity contribution < 1.29 is 4.79 Å². The average Bonchev–Trinajstić information content (AvgIpc) is 2.19. The number of aromatic nitrogens is 2. The van der Waals surface area contributed by atoms with Crippen LogP contribution in [0.25, 0.3) is 0 Å². The lowest BCUT2D eigenvalue weighted by Gasteiger charge is -2.23. The number of hydrogen-bond acceptors (Lipinski definition) is 4. The Morgan fingerprint density at radius 1 is 1.29 bits per heavy atom. The molecule has 0 spiro atoms. The Morgan fingerprint density at radius 3 is 2.29 bits per heavy atom. The number of rotatable bonds is 3. The van der Waals surface area contributed by atoms with E-state index in [1.807, 2.05) is 27.7 Å². The van der Waals surface area contributed by atoms with Crippen LogP contribution in [-0.4, -0.2) is 27.5 Å². The van der Waals surface area contributed by atoms with Crippen LogP contribution in [0.2, 0.25) is 0 Å². The van der Waals surface area contributed by atoms with Crippen molar-refractivity contribution in [2.75, 3.05) is 5.32 Å². The molecule has 94 valence electrons. The highest BCUT2D eigenvalue weighted by molar-refractivity contribution is 5.84. The minimum Gasteiger partial charge on any atom is -0.350 e. The average molecular weight is 236 g/mol. The van der Waals surface area contributed by atoms with Gasteiger partial charge < -0.3 is 10.6 Å². The molecule has 5 nitrogen and oxygen atoms in total. The van der Waals surface area contributed by atoms with Crippen LogP contribution in [0, 0.1) is 6.92 Å². The number of hydrogen-bond donors (Lipinski definition) is 2. The van der Waals surface area contributed by atoms with Gasteiger partial charge >= 0.3 is 0 Å². The summed E-state index contributed by atoms with van der Waals surface area (Å²) in [4.78, 5) is 20.0. The van der Waals surface area contributed by atoms with Crippen LogP contribution in [0.5, 0.6) is 0 Å². The number of anilines is 1. The Balaban J connectivity index is 2.57. The Kier molecular flexibility index (Phi) is 4.04. The van der Waals surface area contributed by atoms with Crippen molar-refractivity contribution in [3.8, 4) is 0 Å². The third-order valence-corrected chi connectivity index (χ3v) is 2.02. The van der Waals surface area contributed by atoms with Crippen molar-refractivity contribution in [3.63, 3.8) is 0 Å². The van der Waals surface area contributed by atoms with E-state index >= 15 is 0 Å². The number of carbonyl (C=O) groups is 1. The van der Waals surface area contributed by atoms with Crippen LogP contribution in [-0.2, 0) is 4.79 Å². The number of aryl methyl sites for hydroxylation is 1. The summed E-state index contributed by atoms with van der Waals surface area (Å²) in [5.41, 5.74) is 0.753.